The lowest BCUT2D eigenvalue weighted by Crippen LogP contribution is -2.67. The highest BCUT2D eigenvalue weighted by Gasteiger charge is 2.49. The third-order valence-electron chi connectivity index (χ3n) is 19.5. The van der Waals surface area contributed by atoms with Gasteiger partial charge in [0.1, 0.15) is 76.8 Å². The second-order valence-corrected chi connectivity index (χ2v) is 30.5. The van der Waals surface area contributed by atoms with Gasteiger partial charge in [-0.25, -0.2) is 26.9 Å². The zero-order valence-corrected chi connectivity index (χ0v) is 66.1. The van der Waals surface area contributed by atoms with Gasteiger partial charge in [-0.15, -0.1) is 0 Å². The first-order chi connectivity index (χ1) is 55.2. The molecule has 6 aromatic rings. The summed E-state index contributed by atoms with van der Waals surface area (Å²) in [6.45, 7) is 5.49. The maximum Gasteiger partial charge on any atom is 0.305 e. The van der Waals surface area contributed by atoms with E-state index in [4.69, 9.17) is 10.5 Å². The number of halogens is 2. The van der Waals surface area contributed by atoms with Crippen molar-refractivity contribution in [2.45, 2.75) is 177 Å². The number of aliphatic hydroxyl groups excluding tert-OH is 3. The number of nitrogens with two attached hydrogens (primary N) is 1. The summed E-state index contributed by atoms with van der Waals surface area (Å²) < 4.78 is 63.6. The quantitative estimate of drug-likeness (QED) is 0.0215. The smallest absolute Gasteiger partial charge is 0.305 e. The van der Waals surface area contributed by atoms with Crippen molar-refractivity contribution in [3.05, 3.63) is 161 Å². The first kappa shape index (κ1) is 92.0. The number of aromatic amines is 1. The fourth-order valence-corrected chi connectivity index (χ4v) is 13.8. The van der Waals surface area contributed by atoms with E-state index in [1.165, 1.54) is 32.8 Å². The minimum Gasteiger partial charge on any atom is -0.497 e. The summed E-state index contributed by atoms with van der Waals surface area (Å²) in [7, 11) is -2.50. The number of benzene rings is 4. The number of sulfonamides is 1. The summed E-state index contributed by atoms with van der Waals surface area (Å²) >= 11 is 0. The largest absolute Gasteiger partial charge is 0.497 e. The molecule has 18 N–H and O–H groups in total. The number of aryl methyl sites for hydroxylation is 2. The van der Waals surface area contributed by atoms with Crippen molar-refractivity contribution < 1.29 is 110 Å². The van der Waals surface area contributed by atoms with E-state index in [0.717, 1.165) is 77.9 Å². The maximum absolute atomic E-state index is 15.6. The third-order valence-corrected chi connectivity index (χ3v) is 20.3. The molecule has 1 aliphatic heterocycles. The van der Waals surface area contributed by atoms with Crippen LogP contribution in [-0.4, -0.2) is 235 Å². The zero-order chi connectivity index (χ0) is 86.4. The molecule has 2 aromatic heterocycles. The van der Waals surface area contributed by atoms with E-state index in [2.05, 4.69) is 67.5 Å². The highest BCUT2D eigenvalue weighted by Crippen LogP contribution is 2.32. The Morgan fingerprint density at radius 3 is 1.89 bits per heavy atom. The summed E-state index contributed by atoms with van der Waals surface area (Å²) in [5.41, 5.74) is 6.64. The number of hydrogen-bond acceptors (Lipinski definition) is 21. The minimum atomic E-state index is -4.03. The fourth-order valence-electron chi connectivity index (χ4n) is 13.1. The van der Waals surface area contributed by atoms with Gasteiger partial charge in [0.05, 0.1) is 62.9 Å². The van der Waals surface area contributed by atoms with Gasteiger partial charge in [0.25, 0.3) is 0 Å². The predicted octanol–water partition coefficient (Wildman–Crippen LogP) is -1.17. The van der Waals surface area contributed by atoms with Crippen molar-refractivity contribution in [3.63, 3.8) is 0 Å². The lowest BCUT2D eigenvalue weighted by molar-refractivity contribution is -0.146. The summed E-state index contributed by atoms with van der Waals surface area (Å²) in [5.74, 6) is -18.7. The Bertz CT molecular complexity index is 4710. The predicted molar refractivity (Wildman–Crippen MR) is 415 cm³/mol. The Morgan fingerprint density at radius 1 is 0.692 bits per heavy atom. The van der Waals surface area contributed by atoms with E-state index >= 15 is 8.78 Å². The molecule has 3 heterocycles. The number of primary amides is 1. The number of nitrogens with zero attached hydrogens (tertiary/aromatic N) is 3. The van der Waals surface area contributed by atoms with Gasteiger partial charge in [-0.3, -0.25) is 67.3 Å². The average Bonchev–Trinajstić information content (AvgIpc) is 1.61. The Labute approximate surface area is 671 Å². The van der Waals surface area contributed by atoms with Crippen molar-refractivity contribution in [2.24, 2.45) is 5.73 Å². The number of carbonyl (C=O) groups is 13. The molecule has 12 atom stereocenters. The summed E-state index contributed by atoms with van der Waals surface area (Å²) in [6.07, 6.45) is -2.54. The highest BCUT2D eigenvalue weighted by atomic mass is 32.2. The minimum absolute atomic E-state index is 0.0177. The number of methoxy groups -OCH3 is 1. The number of hydrogen-bond donors (Lipinski definition) is 17. The molecule has 36 nitrogen and oxygen atoms in total. The second-order valence-electron chi connectivity index (χ2n) is 28.7. The van der Waals surface area contributed by atoms with Crippen LogP contribution in [0.1, 0.15) is 100 Å². The number of nitrogens with one attached hydrogen (secondary N) is 11. The molecule has 1 saturated heterocycles. The van der Waals surface area contributed by atoms with Crippen LogP contribution in [0.5, 0.6) is 5.75 Å². The molecule has 7 rings (SSSR count). The molecule has 39 heteroatoms. The Morgan fingerprint density at radius 2 is 1.31 bits per heavy atom. The molecular formula is C78H97F2N15O21S. The first-order valence-corrected chi connectivity index (χ1v) is 39.0. The van der Waals surface area contributed by atoms with Crippen LogP contribution in [0.4, 0.5) is 8.78 Å². The van der Waals surface area contributed by atoms with Gasteiger partial charge in [-0.05, 0) is 124 Å². The molecule has 0 spiro atoms. The van der Waals surface area contributed by atoms with Crippen LogP contribution in [-0.2, 0) is 104 Å². The lowest BCUT2D eigenvalue weighted by Gasteiger charge is -2.37. The molecule has 4 aromatic carbocycles. The molecule has 0 radical (unpaired) electrons. The fraction of sp³-hybridized carbons (Fsp3) is 0.423. The molecule has 0 bridgehead atoms. The van der Waals surface area contributed by atoms with Crippen molar-refractivity contribution in [1.82, 2.24) is 72.4 Å². The number of aromatic nitrogens is 3. The van der Waals surface area contributed by atoms with Crippen molar-refractivity contribution in [2.75, 3.05) is 33.1 Å². The first-order valence-electron chi connectivity index (χ1n) is 37.1. The van der Waals surface area contributed by atoms with E-state index in [1.54, 1.807) is 42.5 Å². The summed E-state index contributed by atoms with van der Waals surface area (Å²) in [5, 5.41) is 72.6. The van der Waals surface area contributed by atoms with Gasteiger partial charge in [0.15, 0.2) is 0 Å². The Kier molecular flexibility index (Phi) is 32.5. The van der Waals surface area contributed by atoms with Crippen LogP contribution in [0.2, 0.25) is 0 Å². The molecule has 630 valence electrons. The van der Waals surface area contributed by atoms with Crippen LogP contribution in [0, 0.1) is 18.6 Å². The number of amides is 11. The number of rotatable bonds is 42. The van der Waals surface area contributed by atoms with E-state index < -0.39 is 215 Å². The van der Waals surface area contributed by atoms with Crippen molar-refractivity contribution >= 4 is 86.9 Å². The van der Waals surface area contributed by atoms with Gasteiger partial charge < -0.3 is 93.7 Å². The topological polar surface area (TPSA) is 558 Å². The van der Waals surface area contributed by atoms with Crippen LogP contribution in [0.25, 0.3) is 22.4 Å². The number of likely N-dealkylation sites (tertiary alicyclic amines) is 1. The molecule has 0 unspecified atom stereocenters. The van der Waals surface area contributed by atoms with Gasteiger partial charge in [-0.1, -0.05) is 73.7 Å². The number of carboxylic acid groups (broad SMARTS) is 2. The molecule has 117 heavy (non-hydrogen) atoms. The Balaban J connectivity index is 1.06. The molecule has 0 saturated carbocycles. The normalized spacial score (nSPS) is 16.4. The van der Waals surface area contributed by atoms with Crippen LogP contribution in [0.3, 0.4) is 0 Å². The standard InChI is InChI=1S/C78H97F2N15O21S/c1-9-46-32-49(116-7)23-24-51(46)47-21-18-44(19-22-47)30-58(69(106)86-57(67(81)104)31-45-20-25-55(83-36-45)50-15-11-10-14-41(50)2)87-70(107)59(34-64(102)103)88-71(108)61(39-96)89-72(109)65(42(3)97)92-75(112)77(5,35-52-53(79)16-12-17-54(52)80)93-73(110)66(43(4)98)91-62(99)38-84-68(105)56(26-27-63(100)101)90-76(113)78(6)28-13-29-95(78)74(111)60(94-117(8,114)115)33-48-37-82-40-85-48/h10-12,14-25,32,36-37,40,42-43,56-61,65-66,94,96-98H,9,13,26-31,33-35,38-39H2,1-8H3,(H2,81,104)(H,82,85)(H,84,105)(H,86,106)(H,87,107)(H,88,108)(H,89,109)(H,90,113)(H,91,99)(H,92,112)(H,93,110)(H,100,101)(H,102,103)/t42-,43-,56+,57+,58+,59+,60+,61+,65+,66+,77-,78-/m1/s1. The molecule has 1 fully saturated rings. The van der Waals surface area contributed by atoms with Crippen LogP contribution in [0.15, 0.2) is 116 Å². The number of ether oxygens (including phenoxy) is 1. The number of H-pyrrole nitrogens is 1. The average molecular weight is 1650 g/mol. The van der Waals surface area contributed by atoms with Gasteiger partial charge >= 0.3 is 11.9 Å². The van der Waals surface area contributed by atoms with Crippen molar-refractivity contribution in [3.8, 4) is 28.1 Å². The number of carbonyl (C=O) groups excluding carboxylic acids is 11. The molecule has 11 amide bonds. The second kappa shape index (κ2) is 41.4. The number of imidazole rings is 1. The molecule has 0 aliphatic carbocycles. The highest BCUT2D eigenvalue weighted by molar-refractivity contribution is 7.88. The monoisotopic (exact) mass is 1650 g/mol. The Hall–Kier alpha value is -12.2. The number of carboxylic acids is 2. The summed E-state index contributed by atoms with van der Waals surface area (Å²) in [6, 6.07) is 10.7. The van der Waals surface area contributed by atoms with E-state index in [-0.39, 0.29) is 44.3 Å². The van der Waals surface area contributed by atoms with E-state index in [9.17, 15) is 96.3 Å². The molecule has 1 aliphatic rings. The number of aliphatic hydroxyl groups is 3. The van der Waals surface area contributed by atoms with E-state index in [0.29, 0.717) is 29.0 Å². The lowest BCUT2D eigenvalue weighted by atomic mass is 9.89. The SMILES string of the molecule is CCc1cc(OC)ccc1-c1ccc(C[C@H](NC(=O)[C@H](CC(=O)O)NC(=O)[C@H](CO)NC(=O)[C@@H](NC(=O)[C@@](C)(Cc2c(F)cccc2F)NC(=O)[C@@H](NC(=O)CNC(=O)[C@H](CCC(=O)O)NC(=O)[C@@]2(C)CCCN2C(=O)[C@H](Cc2c[nH]cn2)NS(C)(=O)=O)[C@@H](C)O)[C@@H](C)O)C(=O)N[C@@H](Cc2ccc(-c3ccccc3C)nc2)C(N)=O)cc1. The van der Waals surface area contributed by atoms with Gasteiger partial charge in [0, 0.05) is 62.2 Å². The van der Waals surface area contributed by atoms with E-state index in [1.807, 2.05) is 50.2 Å². The zero-order valence-electron chi connectivity index (χ0n) is 65.3. The van der Waals surface area contributed by atoms with Crippen LogP contribution < -0.4 is 63.0 Å². The number of aliphatic carboxylic acids is 2. The third kappa shape index (κ3) is 25.6. The molecular weight excluding hydrogens is 1550 g/mol. The maximum atomic E-state index is 15.6. The van der Waals surface area contributed by atoms with Crippen molar-refractivity contribution in [1.29, 1.82) is 0 Å². The number of pyridine rings is 1. The summed E-state index contributed by atoms with van der Waals surface area (Å²) in [4.78, 5) is 192. The van der Waals surface area contributed by atoms with Gasteiger partial charge in [-0.2, -0.15) is 0 Å². The van der Waals surface area contributed by atoms with Crippen LogP contribution >= 0.6 is 0 Å². The van der Waals surface area contributed by atoms with Gasteiger partial charge in [0.2, 0.25) is 75.0 Å².